The lowest BCUT2D eigenvalue weighted by molar-refractivity contribution is 0.399. The van der Waals surface area contributed by atoms with Gasteiger partial charge in [-0.2, -0.15) is 4.98 Å². The first-order valence-corrected chi connectivity index (χ1v) is 3.81. The highest BCUT2D eigenvalue weighted by molar-refractivity contribution is 6.36. The SMILES string of the molecule is COc1nc(NN)c(Cl)cc1Cl. The van der Waals surface area contributed by atoms with E-state index in [1.807, 2.05) is 0 Å². The summed E-state index contributed by atoms with van der Waals surface area (Å²) in [6.45, 7) is 0. The second-order valence-corrected chi connectivity index (χ2v) is 2.77. The molecule has 4 nitrogen and oxygen atoms in total. The van der Waals surface area contributed by atoms with E-state index < -0.39 is 0 Å². The van der Waals surface area contributed by atoms with E-state index in [2.05, 4.69) is 10.4 Å². The standard InChI is InChI=1S/C6H7Cl2N3O/c1-12-6-4(8)2-3(7)5(10-6)11-9/h2H,9H2,1H3,(H,10,11). The smallest absolute Gasteiger partial charge is 0.234 e. The van der Waals surface area contributed by atoms with Crippen LogP contribution in [0.15, 0.2) is 6.07 Å². The number of pyridine rings is 1. The van der Waals surface area contributed by atoms with Crippen LogP contribution in [-0.4, -0.2) is 12.1 Å². The highest BCUT2D eigenvalue weighted by Gasteiger charge is 2.07. The first-order chi connectivity index (χ1) is 5.69. The number of ether oxygens (including phenoxy) is 1. The van der Waals surface area contributed by atoms with E-state index in [-0.39, 0.29) is 5.88 Å². The number of nitrogens with two attached hydrogens (primary N) is 1. The number of methoxy groups -OCH3 is 1. The minimum absolute atomic E-state index is 0.286. The predicted molar refractivity (Wildman–Crippen MR) is 48.6 cm³/mol. The Kier molecular flexibility index (Phi) is 2.97. The van der Waals surface area contributed by atoms with Crippen LogP contribution in [0.1, 0.15) is 0 Å². The maximum absolute atomic E-state index is 5.72. The molecule has 0 fully saturated rings. The van der Waals surface area contributed by atoms with Crippen LogP contribution in [0.2, 0.25) is 10.0 Å². The molecule has 6 heteroatoms. The lowest BCUT2D eigenvalue weighted by Crippen LogP contribution is -2.09. The van der Waals surface area contributed by atoms with Crippen molar-refractivity contribution < 1.29 is 4.74 Å². The monoisotopic (exact) mass is 207 g/mol. The molecule has 0 spiro atoms. The van der Waals surface area contributed by atoms with Crippen LogP contribution in [0.3, 0.4) is 0 Å². The normalized spacial score (nSPS) is 9.67. The summed E-state index contributed by atoms with van der Waals surface area (Å²) < 4.78 is 4.85. The number of aromatic nitrogens is 1. The second-order valence-electron chi connectivity index (χ2n) is 1.95. The van der Waals surface area contributed by atoms with Crippen molar-refractivity contribution in [1.82, 2.24) is 4.98 Å². The van der Waals surface area contributed by atoms with Gasteiger partial charge in [-0.05, 0) is 6.07 Å². The summed E-state index contributed by atoms with van der Waals surface area (Å²) in [4.78, 5) is 3.89. The largest absolute Gasteiger partial charge is 0.480 e. The average molecular weight is 208 g/mol. The molecule has 0 amide bonds. The Bertz CT molecular complexity index is 267. The molecule has 3 N–H and O–H groups in total. The van der Waals surface area contributed by atoms with Crippen molar-refractivity contribution in [2.45, 2.75) is 0 Å². The molecule has 1 aromatic rings. The minimum atomic E-state index is 0.286. The Morgan fingerprint density at radius 2 is 2.17 bits per heavy atom. The van der Waals surface area contributed by atoms with Crippen molar-refractivity contribution in [2.75, 3.05) is 12.5 Å². The molecule has 0 bridgehead atoms. The summed E-state index contributed by atoms with van der Waals surface area (Å²) in [7, 11) is 1.46. The number of rotatable bonds is 2. The fraction of sp³-hybridized carbons (Fsp3) is 0.167. The van der Waals surface area contributed by atoms with E-state index in [1.54, 1.807) is 0 Å². The van der Waals surface area contributed by atoms with Gasteiger partial charge in [0.25, 0.3) is 0 Å². The molecular formula is C6H7Cl2N3O. The van der Waals surface area contributed by atoms with Gasteiger partial charge < -0.3 is 10.2 Å². The summed E-state index contributed by atoms with van der Waals surface area (Å²) in [5.41, 5.74) is 2.32. The summed E-state index contributed by atoms with van der Waals surface area (Å²) in [5.74, 6) is 5.75. The van der Waals surface area contributed by atoms with Gasteiger partial charge in [-0.3, -0.25) is 0 Å². The van der Waals surface area contributed by atoms with Crippen molar-refractivity contribution >= 4 is 29.0 Å². The first-order valence-electron chi connectivity index (χ1n) is 3.05. The van der Waals surface area contributed by atoms with E-state index >= 15 is 0 Å². The van der Waals surface area contributed by atoms with Crippen molar-refractivity contribution in [2.24, 2.45) is 5.84 Å². The van der Waals surface area contributed by atoms with Gasteiger partial charge in [-0.15, -0.1) is 0 Å². The third-order valence-corrected chi connectivity index (χ3v) is 1.79. The maximum Gasteiger partial charge on any atom is 0.234 e. The van der Waals surface area contributed by atoms with Gasteiger partial charge in [0.1, 0.15) is 5.02 Å². The van der Waals surface area contributed by atoms with Crippen LogP contribution in [0, 0.1) is 0 Å². The molecular weight excluding hydrogens is 201 g/mol. The Morgan fingerprint density at radius 3 is 2.67 bits per heavy atom. The number of hydrazine groups is 1. The molecule has 12 heavy (non-hydrogen) atoms. The van der Waals surface area contributed by atoms with Crippen LogP contribution in [0.4, 0.5) is 5.82 Å². The lowest BCUT2D eigenvalue weighted by atomic mass is 10.4. The summed E-state index contributed by atoms with van der Waals surface area (Å²) in [6, 6.07) is 1.50. The van der Waals surface area contributed by atoms with Gasteiger partial charge in [0.05, 0.1) is 12.1 Å². The molecule has 0 atom stereocenters. The number of nitrogen functional groups attached to an aromatic ring is 1. The molecule has 0 aromatic carbocycles. The summed E-state index contributed by atoms with van der Waals surface area (Å²) in [5, 5.41) is 0.699. The number of nitrogens with zero attached hydrogens (tertiary/aromatic N) is 1. The van der Waals surface area contributed by atoms with Gasteiger partial charge in [0, 0.05) is 0 Å². The summed E-state index contributed by atoms with van der Waals surface area (Å²) >= 11 is 11.4. The third-order valence-electron chi connectivity index (χ3n) is 1.23. The number of nitrogens with one attached hydrogen (secondary N) is 1. The molecule has 0 aliphatic carbocycles. The minimum Gasteiger partial charge on any atom is -0.480 e. The van der Waals surface area contributed by atoms with E-state index in [0.717, 1.165) is 0 Å². The molecule has 0 saturated heterocycles. The van der Waals surface area contributed by atoms with Crippen molar-refractivity contribution in [3.8, 4) is 5.88 Å². The third kappa shape index (κ3) is 1.72. The van der Waals surface area contributed by atoms with E-state index in [9.17, 15) is 0 Å². The Balaban J connectivity index is 3.18. The fourth-order valence-electron chi connectivity index (χ4n) is 0.694. The Hall–Kier alpha value is -0.710. The zero-order valence-electron chi connectivity index (χ0n) is 6.27. The molecule has 0 radical (unpaired) electrons. The number of hydrogen-bond acceptors (Lipinski definition) is 4. The quantitative estimate of drug-likeness (QED) is 0.573. The van der Waals surface area contributed by atoms with Gasteiger partial charge in [0.2, 0.25) is 5.88 Å². The molecule has 0 aliphatic rings. The molecule has 0 unspecified atom stereocenters. The first kappa shape index (κ1) is 9.38. The summed E-state index contributed by atoms with van der Waals surface area (Å²) in [6.07, 6.45) is 0. The zero-order valence-corrected chi connectivity index (χ0v) is 7.78. The number of hydrogen-bond donors (Lipinski definition) is 2. The van der Waals surface area contributed by atoms with Crippen LogP contribution >= 0.6 is 23.2 Å². The average Bonchev–Trinajstić information content (AvgIpc) is 2.05. The zero-order chi connectivity index (χ0) is 9.14. The maximum atomic E-state index is 5.72. The second kappa shape index (κ2) is 3.80. The van der Waals surface area contributed by atoms with Gasteiger partial charge in [-0.25, -0.2) is 5.84 Å². The lowest BCUT2D eigenvalue weighted by Gasteiger charge is -2.06. The molecule has 1 rings (SSSR count). The Morgan fingerprint density at radius 1 is 1.50 bits per heavy atom. The van der Waals surface area contributed by atoms with Crippen molar-refractivity contribution in [3.63, 3.8) is 0 Å². The fourth-order valence-corrected chi connectivity index (χ4v) is 1.18. The molecule has 0 saturated carbocycles. The topological polar surface area (TPSA) is 60.2 Å². The number of halogens is 2. The Labute approximate surface area is 79.6 Å². The van der Waals surface area contributed by atoms with Gasteiger partial charge in [-0.1, -0.05) is 23.2 Å². The predicted octanol–water partition coefficient (Wildman–Crippen LogP) is 1.68. The van der Waals surface area contributed by atoms with E-state index in [1.165, 1.54) is 13.2 Å². The molecule has 1 heterocycles. The van der Waals surface area contributed by atoms with Gasteiger partial charge in [0.15, 0.2) is 5.82 Å². The van der Waals surface area contributed by atoms with Crippen LogP contribution in [-0.2, 0) is 0 Å². The van der Waals surface area contributed by atoms with E-state index in [4.69, 9.17) is 33.8 Å². The highest BCUT2D eigenvalue weighted by Crippen LogP contribution is 2.29. The highest BCUT2D eigenvalue weighted by atomic mass is 35.5. The molecule has 0 aliphatic heterocycles. The number of anilines is 1. The van der Waals surface area contributed by atoms with Crippen molar-refractivity contribution in [1.29, 1.82) is 0 Å². The molecule has 66 valence electrons. The van der Waals surface area contributed by atoms with Gasteiger partial charge >= 0.3 is 0 Å². The van der Waals surface area contributed by atoms with Crippen molar-refractivity contribution in [3.05, 3.63) is 16.1 Å². The van der Waals surface area contributed by atoms with E-state index in [0.29, 0.717) is 15.9 Å². The van der Waals surface area contributed by atoms with Crippen LogP contribution in [0.25, 0.3) is 0 Å². The molecule has 1 aromatic heterocycles. The van der Waals surface area contributed by atoms with Crippen LogP contribution < -0.4 is 16.0 Å². The van der Waals surface area contributed by atoms with Crippen LogP contribution in [0.5, 0.6) is 5.88 Å².